The van der Waals surface area contributed by atoms with Gasteiger partial charge in [-0.3, -0.25) is 0 Å². The largest absolute Gasteiger partial charge is 1.00 e. The average Bonchev–Trinajstić information content (AvgIpc) is 2.08. The third kappa shape index (κ3) is 2.69. The first-order valence-corrected chi connectivity index (χ1v) is 3.80. The van der Waals surface area contributed by atoms with Crippen LogP contribution >= 0.6 is 0 Å². The van der Waals surface area contributed by atoms with E-state index in [4.69, 9.17) is 9.47 Å². The summed E-state index contributed by atoms with van der Waals surface area (Å²) in [5, 5.41) is 0. The van der Waals surface area contributed by atoms with Gasteiger partial charge in [-0.25, -0.2) is 0 Å². The van der Waals surface area contributed by atoms with Gasteiger partial charge in [0.15, 0.2) is 0 Å². The van der Waals surface area contributed by atoms with Crippen molar-refractivity contribution < 1.29 is 28.3 Å². The number of benzene rings is 1. The number of hydrogen-bond acceptors (Lipinski definition) is 2. The van der Waals surface area contributed by atoms with Crippen molar-refractivity contribution in [3.63, 3.8) is 0 Å². The molecule has 3 heteroatoms. The molecule has 0 N–H and O–H groups in total. The molecule has 0 amide bonds. The second kappa shape index (κ2) is 5.21. The fraction of sp³-hybridized carbons (Fsp3) is 0.400. The maximum absolute atomic E-state index is 5.14. The molecule has 0 heterocycles. The van der Waals surface area contributed by atoms with Gasteiger partial charge in [-0.05, 0) is 0 Å². The third-order valence-corrected chi connectivity index (χ3v) is 1.80. The SMILES string of the molecule is COc1[c-]c(C)c(OC)cc1C.[Li+]. The summed E-state index contributed by atoms with van der Waals surface area (Å²) in [7, 11) is 3.30. The monoisotopic (exact) mass is 172 g/mol. The van der Waals surface area contributed by atoms with Crippen molar-refractivity contribution in [1.29, 1.82) is 0 Å². The van der Waals surface area contributed by atoms with E-state index in [0.717, 1.165) is 22.6 Å². The van der Waals surface area contributed by atoms with E-state index in [2.05, 4.69) is 6.07 Å². The average molecular weight is 172 g/mol. The molecule has 0 saturated heterocycles. The van der Waals surface area contributed by atoms with Crippen LogP contribution in [0.1, 0.15) is 11.1 Å². The van der Waals surface area contributed by atoms with Crippen LogP contribution < -0.4 is 28.3 Å². The number of hydrogen-bond donors (Lipinski definition) is 0. The van der Waals surface area contributed by atoms with Gasteiger partial charge in [0.05, 0.1) is 14.2 Å². The Labute approximate surface area is 91.4 Å². The summed E-state index contributed by atoms with van der Waals surface area (Å²) in [4.78, 5) is 0. The molecule has 66 valence electrons. The van der Waals surface area contributed by atoms with Crippen LogP contribution in [0.2, 0.25) is 0 Å². The zero-order chi connectivity index (χ0) is 9.14. The topological polar surface area (TPSA) is 18.5 Å². The van der Waals surface area contributed by atoms with Gasteiger partial charge in [0.1, 0.15) is 0 Å². The first-order valence-electron chi connectivity index (χ1n) is 3.80. The first-order chi connectivity index (χ1) is 5.69. The molecule has 0 fully saturated rings. The van der Waals surface area contributed by atoms with E-state index in [-0.39, 0.29) is 18.9 Å². The van der Waals surface area contributed by atoms with Crippen molar-refractivity contribution in [2.75, 3.05) is 14.2 Å². The maximum Gasteiger partial charge on any atom is 1.00 e. The van der Waals surface area contributed by atoms with Crippen LogP contribution in [0, 0.1) is 19.9 Å². The first kappa shape index (κ1) is 12.4. The second-order valence-corrected chi connectivity index (χ2v) is 2.68. The second-order valence-electron chi connectivity index (χ2n) is 2.68. The predicted octanol–water partition coefficient (Wildman–Crippen LogP) is -0.875. The quantitative estimate of drug-likeness (QED) is 0.426. The summed E-state index contributed by atoms with van der Waals surface area (Å²) in [5.74, 6) is 1.64. The zero-order valence-corrected chi connectivity index (χ0v) is 8.89. The maximum atomic E-state index is 5.14. The van der Waals surface area contributed by atoms with Crippen molar-refractivity contribution in [3.05, 3.63) is 23.3 Å². The van der Waals surface area contributed by atoms with Crippen molar-refractivity contribution in [3.8, 4) is 11.5 Å². The minimum Gasteiger partial charge on any atom is -0.554 e. The molecule has 0 aliphatic carbocycles. The molecular formula is C10H13LiO2. The van der Waals surface area contributed by atoms with Gasteiger partial charge in [-0.2, -0.15) is 0 Å². The van der Waals surface area contributed by atoms with E-state index in [1.807, 2.05) is 19.9 Å². The normalized spacial score (nSPS) is 8.92. The Kier molecular flexibility index (Phi) is 4.98. The summed E-state index contributed by atoms with van der Waals surface area (Å²) in [6, 6.07) is 5.05. The molecule has 1 aromatic carbocycles. The van der Waals surface area contributed by atoms with E-state index in [1.54, 1.807) is 14.2 Å². The third-order valence-electron chi connectivity index (χ3n) is 1.80. The number of ether oxygens (including phenoxy) is 2. The van der Waals surface area contributed by atoms with Gasteiger partial charge >= 0.3 is 18.9 Å². The van der Waals surface area contributed by atoms with Gasteiger partial charge < -0.3 is 9.47 Å². The standard InChI is InChI=1S/C10H13O2.Li/c1-7-5-10(12-4)8(2)6-9(7)11-3;/h5H,1-4H3;/q-1;+1. The summed E-state index contributed by atoms with van der Waals surface area (Å²) in [6.07, 6.45) is 0. The van der Waals surface area contributed by atoms with Crippen LogP contribution in [0.5, 0.6) is 11.5 Å². The van der Waals surface area contributed by atoms with E-state index in [9.17, 15) is 0 Å². The zero-order valence-electron chi connectivity index (χ0n) is 8.89. The number of methoxy groups -OCH3 is 2. The molecule has 1 aromatic rings. The molecule has 2 nitrogen and oxygen atoms in total. The molecule has 0 spiro atoms. The number of rotatable bonds is 2. The predicted molar refractivity (Wildman–Crippen MR) is 47.9 cm³/mol. The molecule has 0 saturated carbocycles. The Bertz CT molecular complexity index is 255. The summed E-state index contributed by atoms with van der Waals surface area (Å²) in [6.45, 7) is 3.91. The molecule has 0 aliphatic heterocycles. The van der Waals surface area contributed by atoms with Crippen LogP contribution in [0.3, 0.4) is 0 Å². The fourth-order valence-electron chi connectivity index (χ4n) is 1.12. The minimum atomic E-state index is 0. The minimum absolute atomic E-state index is 0. The fourth-order valence-corrected chi connectivity index (χ4v) is 1.12. The van der Waals surface area contributed by atoms with E-state index >= 15 is 0 Å². The number of aryl methyl sites for hydroxylation is 2. The van der Waals surface area contributed by atoms with Crippen LogP contribution in [-0.2, 0) is 0 Å². The van der Waals surface area contributed by atoms with Crippen LogP contribution in [0.25, 0.3) is 0 Å². The van der Waals surface area contributed by atoms with E-state index in [1.165, 1.54) is 0 Å². The molecule has 1 rings (SSSR count). The Morgan fingerprint density at radius 2 is 1.77 bits per heavy atom. The van der Waals surface area contributed by atoms with Crippen LogP contribution in [-0.4, -0.2) is 14.2 Å². The van der Waals surface area contributed by atoms with Crippen LogP contribution in [0.4, 0.5) is 0 Å². The van der Waals surface area contributed by atoms with Gasteiger partial charge in [0.2, 0.25) is 0 Å². The van der Waals surface area contributed by atoms with Crippen LogP contribution in [0.15, 0.2) is 6.07 Å². The molecule has 0 radical (unpaired) electrons. The Hall–Kier alpha value is -0.583. The molecule has 0 aliphatic rings. The van der Waals surface area contributed by atoms with Crippen molar-refractivity contribution in [2.45, 2.75) is 13.8 Å². The Balaban J connectivity index is 0.00000144. The van der Waals surface area contributed by atoms with Gasteiger partial charge in [-0.1, -0.05) is 13.8 Å². The van der Waals surface area contributed by atoms with E-state index < -0.39 is 0 Å². The molecular weight excluding hydrogens is 159 g/mol. The smallest absolute Gasteiger partial charge is 0.554 e. The Morgan fingerprint density at radius 3 is 2.23 bits per heavy atom. The van der Waals surface area contributed by atoms with E-state index in [0.29, 0.717) is 0 Å². The molecule has 13 heavy (non-hydrogen) atoms. The molecule has 0 bridgehead atoms. The van der Waals surface area contributed by atoms with Crippen molar-refractivity contribution >= 4 is 0 Å². The van der Waals surface area contributed by atoms with Gasteiger partial charge in [0, 0.05) is 11.5 Å². The molecule has 0 aromatic heterocycles. The van der Waals surface area contributed by atoms with Gasteiger partial charge in [-0.15, -0.1) is 23.3 Å². The van der Waals surface area contributed by atoms with Gasteiger partial charge in [0.25, 0.3) is 0 Å². The summed E-state index contributed by atoms with van der Waals surface area (Å²) >= 11 is 0. The molecule has 0 unspecified atom stereocenters. The summed E-state index contributed by atoms with van der Waals surface area (Å²) < 4.78 is 10.3. The summed E-state index contributed by atoms with van der Waals surface area (Å²) in [5.41, 5.74) is 2.01. The van der Waals surface area contributed by atoms with Crippen molar-refractivity contribution in [2.24, 2.45) is 0 Å². The van der Waals surface area contributed by atoms with Crippen molar-refractivity contribution in [1.82, 2.24) is 0 Å². The molecule has 0 atom stereocenters. The Morgan fingerprint density at radius 1 is 1.15 bits per heavy atom.